The van der Waals surface area contributed by atoms with Crippen LogP contribution >= 0.6 is 0 Å². The monoisotopic (exact) mass is 396 g/mol. The van der Waals surface area contributed by atoms with Crippen LogP contribution in [0.3, 0.4) is 0 Å². The predicted octanol–water partition coefficient (Wildman–Crippen LogP) is 2.48. The van der Waals surface area contributed by atoms with Crippen LogP contribution in [0.5, 0.6) is 0 Å². The summed E-state index contributed by atoms with van der Waals surface area (Å²) in [7, 11) is 0. The number of carbonyl (C=O) groups is 2. The van der Waals surface area contributed by atoms with Crippen LogP contribution < -0.4 is 5.32 Å². The van der Waals surface area contributed by atoms with Gasteiger partial charge in [0.05, 0.1) is 6.04 Å². The van der Waals surface area contributed by atoms with Crippen molar-refractivity contribution in [1.82, 2.24) is 20.0 Å². The van der Waals surface area contributed by atoms with E-state index in [1.807, 2.05) is 0 Å². The third kappa shape index (κ3) is 3.72. The van der Waals surface area contributed by atoms with Crippen LogP contribution in [0, 0.1) is 19.3 Å². The molecular weight excluding hydrogens is 368 g/mol. The first kappa shape index (κ1) is 19.8. The van der Waals surface area contributed by atoms with Gasteiger partial charge in [0, 0.05) is 12.7 Å². The number of rotatable bonds is 4. The van der Waals surface area contributed by atoms with Gasteiger partial charge in [-0.1, -0.05) is 23.8 Å². The van der Waals surface area contributed by atoms with E-state index < -0.39 is 5.97 Å². The van der Waals surface area contributed by atoms with Crippen LogP contribution in [0.25, 0.3) is 0 Å². The maximum Gasteiger partial charge on any atom is 0.356 e. The van der Waals surface area contributed by atoms with Crippen molar-refractivity contribution in [3.05, 3.63) is 52.8 Å². The number of aromatic carboxylic acids is 1. The molecule has 1 aromatic heterocycles. The molecule has 2 aliphatic heterocycles. The Bertz CT molecular complexity index is 930. The van der Waals surface area contributed by atoms with Crippen LogP contribution in [-0.4, -0.2) is 57.3 Å². The molecule has 0 amide bonds. The van der Waals surface area contributed by atoms with E-state index in [4.69, 9.17) is 0 Å². The van der Waals surface area contributed by atoms with Gasteiger partial charge in [-0.25, -0.2) is 9.48 Å². The number of aromatic nitrogens is 2. The van der Waals surface area contributed by atoms with Crippen molar-refractivity contribution in [2.24, 2.45) is 5.41 Å². The molecule has 0 bridgehead atoms. The largest absolute Gasteiger partial charge is 0.476 e. The molecule has 0 aliphatic carbocycles. The normalized spacial score (nSPS) is 21.5. The van der Waals surface area contributed by atoms with E-state index in [9.17, 15) is 14.7 Å². The summed E-state index contributed by atoms with van der Waals surface area (Å²) in [6.07, 6.45) is 4.34. The molecule has 7 nitrogen and oxygen atoms in total. The van der Waals surface area contributed by atoms with Gasteiger partial charge in [0.2, 0.25) is 0 Å². The van der Waals surface area contributed by atoms with E-state index in [0.29, 0.717) is 6.54 Å². The summed E-state index contributed by atoms with van der Waals surface area (Å²) in [6.45, 7) is 7.57. The topological polar surface area (TPSA) is 87.5 Å². The lowest BCUT2D eigenvalue weighted by molar-refractivity contribution is 0.0541. The van der Waals surface area contributed by atoms with E-state index in [1.54, 1.807) is 0 Å². The molecule has 1 spiro atoms. The summed E-state index contributed by atoms with van der Waals surface area (Å²) in [5.74, 6) is -1.24. The molecule has 1 aromatic carbocycles. The first-order chi connectivity index (χ1) is 13.9. The Hall–Kier alpha value is -2.51. The Balaban J connectivity index is 1.67. The highest BCUT2D eigenvalue weighted by atomic mass is 16.4. The lowest BCUT2D eigenvalue weighted by Gasteiger charge is -2.40. The van der Waals surface area contributed by atoms with Gasteiger partial charge in [-0.05, 0) is 75.4 Å². The number of hydrogen-bond acceptors (Lipinski definition) is 5. The summed E-state index contributed by atoms with van der Waals surface area (Å²) in [6, 6.07) is 7.52. The van der Waals surface area contributed by atoms with E-state index >= 15 is 0 Å². The van der Waals surface area contributed by atoms with Crippen molar-refractivity contribution in [2.45, 2.75) is 45.7 Å². The fourth-order valence-electron chi connectivity index (χ4n) is 4.93. The highest BCUT2D eigenvalue weighted by Crippen LogP contribution is 2.45. The highest BCUT2D eigenvalue weighted by molar-refractivity contribution is 5.88. The standard InChI is InChI=1S/C22H28N4O3/c1-15-3-4-16(2)17(13-15)14-25-12-8-22(6-9-23-10-7-22)19(25)20(27)26-11-5-18(24-26)21(28)29/h3-5,11,13,19,23H,6-10,12,14H2,1-2H3,(H,28,29). The number of carboxylic acids is 1. The third-order valence-electron chi connectivity index (χ3n) is 6.59. The zero-order valence-electron chi connectivity index (χ0n) is 17.0. The third-order valence-corrected chi connectivity index (χ3v) is 6.59. The maximum atomic E-state index is 13.6. The van der Waals surface area contributed by atoms with Crippen LogP contribution in [0.15, 0.2) is 30.5 Å². The molecule has 2 fully saturated rings. The van der Waals surface area contributed by atoms with Gasteiger partial charge >= 0.3 is 5.97 Å². The number of likely N-dealkylation sites (tertiary alicyclic amines) is 1. The summed E-state index contributed by atoms with van der Waals surface area (Å²) < 4.78 is 1.24. The number of benzene rings is 1. The Morgan fingerprint density at radius 1 is 1.21 bits per heavy atom. The van der Waals surface area contributed by atoms with E-state index in [0.717, 1.165) is 38.9 Å². The molecular formula is C22H28N4O3. The van der Waals surface area contributed by atoms with E-state index in [2.05, 4.69) is 47.4 Å². The molecule has 2 N–H and O–H groups in total. The number of carboxylic acid groups (broad SMARTS) is 1. The number of nitrogens with one attached hydrogen (secondary N) is 1. The SMILES string of the molecule is Cc1ccc(C)c(CN2CCC3(CCNCC3)C2C(=O)n2ccc(C(=O)O)n2)c1. The minimum Gasteiger partial charge on any atom is -0.476 e. The number of hydrogen-bond donors (Lipinski definition) is 2. The number of nitrogens with zero attached hydrogens (tertiary/aromatic N) is 3. The van der Waals surface area contributed by atoms with Gasteiger partial charge in [-0.15, -0.1) is 0 Å². The molecule has 29 heavy (non-hydrogen) atoms. The van der Waals surface area contributed by atoms with Crippen molar-refractivity contribution >= 4 is 11.9 Å². The first-order valence-corrected chi connectivity index (χ1v) is 10.2. The molecule has 1 unspecified atom stereocenters. The Labute approximate surface area is 170 Å². The van der Waals surface area contributed by atoms with Gasteiger partial charge in [-0.2, -0.15) is 5.10 Å². The maximum absolute atomic E-state index is 13.6. The molecule has 0 radical (unpaired) electrons. The highest BCUT2D eigenvalue weighted by Gasteiger charge is 2.51. The molecule has 4 rings (SSSR count). The fraction of sp³-hybridized carbons (Fsp3) is 0.500. The van der Waals surface area contributed by atoms with Crippen molar-refractivity contribution in [3.8, 4) is 0 Å². The fourth-order valence-corrected chi connectivity index (χ4v) is 4.93. The average Bonchev–Trinajstić information content (AvgIpc) is 3.31. The molecule has 154 valence electrons. The smallest absolute Gasteiger partial charge is 0.356 e. The Morgan fingerprint density at radius 3 is 2.66 bits per heavy atom. The quantitative estimate of drug-likeness (QED) is 0.826. The summed E-state index contributed by atoms with van der Waals surface area (Å²) >= 11 is 0. The lowest BCUT2D eigenvalue weighted by atomic mass is 9.72. The summed E-state index contributed by atoms with van der Waals surface area (Å²) in [5.41, 5.74) is 3.48. The number of carbonyl (C=O) groups excluding carboxylic acids is 1. The second kappa shape index (κ2) is 7.72. The Kier molecular flexibility index (Phi) is 5.27. The minimum absolute atomic E-state index is 0.0879. The lowest BCUT2D eigenvalue weighted by Crippen LogP contribution is -2.51. The number of aryl methyl sites for hydroxylation is 2. The van der Waals surface area contributed by atoms with Gasteiger partial charge < -0.3 is 10.4 Å². The molecule has 3 heterocycles. The van der Waals surface area contributed by atoms with Gasteiger partial charge in [-0.3, -0.25) is 9.69 Å². The van der Waals surface area contributed by atoms with Crippen LogP contribution in [0.2, 0.25) is 0 Å². The summed E-state index contributed by atoms with van der Waals surface area (Å²) in [5, 5.41) is 16.6. The molecule has 2 saturated heterocycles. The van der Waals surface area contributed by atoms with Crippen molar-refractivity contribution in [1.29, 1.82) is 0 Å². The second-order valence-corrected chi connectivity index (χ2v) is 8.45. The van der Waals surface area contributed by atoms with E-state index in [1.165, 1.54) is 33.6 Å². The zero-order valence-corrected chi connectivity index (χ0v) is 17.0. The molecule has 2 aromatic rings. The summed E-state index contributed by atoms with van der Waals surface area (Å²) in [4.78, 5) is 27.1. The van der Waals surface area contributed by atoms with Gasteiger partial charge in [0.1, 0.15) is 0 Å². The van der Waals surface area contributed by atoms with Crippen LogP contribution in [-0.2, 0) is 6.54 Å². The zero-order chi connectivity index (χ0) is 20.6. The molecule has 2 aliphatic rings. The second-order valence-electron chi connectivity index (χ2n) is 8.45. The minimum atomic E-state index is -1.12. The van der Waals surface area contributed by atoms with Crippen LogP contribution in [0.1, 0.15) is 51.2 Å². The first-order valence-electron chi connectivity index (χ1n) is 10.2. The number of piperidine rings is 1. The van der Waals surface area contributed by atoms with Crippen molar-refractivity contribution in [2.75, 3.05) is 19.6 Å². The average molecular weight is 396 g/mol. The van der Waals surface area contributed by atoms with E-state index in [-0.39, 0.29) is 23.1 Å². The van der Waals surface area contributed by atoms with Crippen molar-refractivity contribution in [3.63, 3.8) is 0 Å². The molecule has 7 heteroatoms. The van der Waals surface area contributed by atoms with Gasteiger partial charge in [0.15, 0.2) is 5.69 Å². The van der Waals surface area contributed by atoms with Crippen LogP contribution in [0.4, 0.5) is 0 Å². The Morgan fingerprint density at radius 2 is 1.97 bits per heavy atom. The predicted molar refractivity (Wildman–Crippen MR) is 109 cm³/mol. The molecule has 0 saturated carbocycles. The van der Waals surface area contributed by atoms with Gasteiger partial charge in [0.25, 0.3) is 5.91 Å². The van der Waals surface area contributed by atoms with Crippen molar-refractivity contribution < 1.29 is 14.7 Å². The molecule has 1 atom stereocenters.